The number of aromatic nitrogens is 2. The molecule has 0 radical (unpaired) electrons. The van der Waals surface area contributed by atoms with E-state index in [0.717, 1.165) is 17.7 Å². The van der Waals surface area contributed by atoms with Crippen LogP contribution in [0.2, 0.25) is 0 Å². The van der Waals surface area contributed by atoms with Crippen molar-refractivity contribution in [1.29, 1.82) is 0 Å². The average molecular weight is 269 g/mol. The molecule has 1 atom stereocenters. The number of rotatable bonds is 5. The maximum absolute atomic E-state index is 12.0. The third-order valence-corrected chi connectivity index (χ3v) is 3.75. The Morgan fingerprint density at radius 2 is 2.10 bits per heavy atom. The van der Waals surface area contributed by atoms with Crippen molar-refractivity contribution in [3.05, 3.63) is 42.7 Å². The second-order valence-corrected chi connectivity index (χ2v) is 5.44. The maximum atomic E-state index is 12.0. The Kier molecular flexibility index (Phi) is 3.54. The van der Waals surface area contributed by atoms with E-state index < -0.39 is 0 Å². The number of nitrogens with zero attached hydrogens (tertiary/aromatic N) is 2. The zero-order chi connectivity index (χ0) is 13.9. The standard InChI is InChI=1S/C16H19N3O/c1-12(16(20)17-9-13-7-8-13)19-11-15(10-18-19)14-5-3-2-4-6-14/h2-6,10-13H,7-9H2,1H3,(H,17,20). The van der Waals surface area contributed by atoms with Crippen LogP contribution in [0.3, 0.4) is 0 Å². The minimum absolute atomic E-state index is 0.0413. The minimum atomic E-state index is -0.272. The van der Waals surface area contributed by atoms with Gasteiger partial charge < -0.3 is 5.32 Å². The Labute approximate surface area is 118 Å². The molecule has 1 N–H and O–H groups in total. The lowest BCUT2D eigenvalue weighted by Crippen LogP contribution is -2.32. The third-order valence-electron chi connectivity index (χ3n) is 3.75. The second kappa shape index (κ2) is 5.49. The van der Waals surface area contributed by atoms with Gasteiger partial charge in [-0.1, -0.05) is 30.3 Å². The van der Waals surface area contributed by atoms with Crippen LogP contribution < -0.4 is 5.32 Å². The van der Waals surface area contributed by atoms with Crippen LogP contribution >= 0.6 is 0 Å². The molecule has 3 rings (SSSR count). The molecule has 4 nitrogen and oxygen atoms in total. The molecular formula is C16H19N3O. The summed E-state index contributed by atoms with van der Waals surface area (Å²) in [6.45, 7) is 2.68. The van der Waals surface area contributed by atoms with Crippen molar-refractivity contribution in [1.82, 2.24) is 15.1 Å². The van der Waals surface area contributed by atoms with Gasteiger partial charge in [-0.05, 0) is 31.2 Å². The van der Waals surface area contributed by atoms with E-state index in [1.165, 1.54) is 12.8 Å². The SMILES string of the molecule is CC(C(=O)NCC1CC1)n1cc(-c2ccccc2)cn1. The molecule has 4 heteroatoms. The highest BCUT2D eigenvalue weighted by molar-refractivity contribution is 5.80. The Morgan fingerprint density at radius 1 is 1.35 bits per heavy atom. The largest absolute Gasteiger partial charge is 0.354 e. The third kappa shape index (κ3) is 2.90. The zero-order valence-electron chi connectivity index (χ0n) is 11.6. The van der Waals surface area contributed by atoms with Gasteiger partial charge in [0.05, 0.1) is 6.20 Å². The quantitative estimate of drug-likeness (QED) is 0.907. The summed E-state index contributed by atoms with van der Waals surface area (Å²) in [6, 6.07) is 9.79. The van der Waals surface area contributed by atoms with Gasteiger partial charge in [0.25, 0.3) is 0 Å². The molecule has 1 saturated carbocycles. The van der Waals surface area contributed by atoms with Crippen molar-refractivity contribution in [2.45, 2.75) is 25.8 Å². The van der Waals surface area contributed by atoms with Crippen molar-refractivity contribution in [3.8, 4) is 11.1 Å². The lowest BCUT2D eigenvalue weighted by Gasteiger charge is -2.12. The molecule has 20 heavy (non-hydrogen) atoms. The van der Waals surface area contributed by atoms with Crippen LogP contribution in [0.1, 0.15) is 25.8 Å². The zero-order valence-corrected chi connectivity index (χ0v) is 11.6. The average Bonchev–Trinajstić information content (AvgIpc) is 3.19. The number of benzene rings is 1. The summed E-state index contributed by atoms with van der Waals surface area (Å²) in [7, 11) is 0. The molecule has 0 spiro atoms. The van der Waals surface area contributed by atoms with Crippen LogP contribution in [-0.4, -0.2) is 22.2 Å². The number of carbonyl (C=O) groups excluding carboxylic acids is 1. The van der Waals surface area contributed by atoms with Crippen LogP contribution in [0.25, 0.3) is 11.1 Å². The highest BCUT2D eigenvalue weighted by atomic mass is 16.2. The molecule has 1 aliphatic carbocycles. The summed E-state index contributed by atoms with van der Waals surface area (Å²) in [5, 5.41) is 7.30. The van der Waals surface area contributed by atoms with Crippen LogP contribution in [0.5, 0.6) is 0 Å². The Hall–Kier alpha value is -2.10. The highest BCUT2D eigenvalue weighted by Gasteiger charge is 2.23. The van der Waals surface area contributed by atoms with Crippen molar-refractivity contribution in [2.24, 2.45) is 5.92 Å². The van der Waals surface area contributed by atoms with E-state index in [2.05, 4.69) is 10.4 Å². The van der Waals surface area contributed by atoms with Crippen molar-refractivity contribution >= 4 is 5.91 Å². The van der Waals surface area contributed by atoms with Crippen molar-refractivity contribution in [2.75, 3.05) is 6.54 Å². The lowest BCUT2D eigenvalue weighted by atomic mass is 10.1. The molecule has 1 aromatic heterocycles. The summed E-state index contributed by atoms with van der Waals surface area (Å²) in [5.41, 5.74) is 2.15. The van der Waals surface area contributed by atoms with Gasteiger partial charge in [-0.2, -0.15) is 5.10 Å². The van der Waals surface area contributed by atoms with Gasteiger partial charge in [-0.15, -0.1) is 0 Å². The fourth-order valence-corrected chi connectivity index (χ4v) is 2.16. The summed E-state index contributed by atoms with van der Waals surface area (Å²) in [6.07, 6.45) is 6.22. The first-order valence-corrected chi connectivity index (χ1v) is 7.11. The predicted molar refractivity (Wildman–Crippen MR) is 78.1 cm³/mol. The van der Waals surface area contributed by atoms with E-state index in [0.29, 0.717) is 5.92 Å². The van der Waals surface area contributed by atoms with E-state index in [1.54, 1.807) is 10.9 Å². The topological polar surface area (TPSA) is 46.9 Å². The van der Waals surface area contributed by atoms with Crippen molar-refractivity contribution < 1.29 is 4.79 Å². The van der Waals surface area contributed by atoms with Gasteiger partial charge in [0.15, 0.2) is 0 Å². The molecule has 1 amide bonds. The Bertz CT molecular complexity index is 587. The molecular weight excluding hydrogens is 250 g/mol. The molecule has 1 fully saturated rings. The molecule has 1 heterocycles. The van der Waals surface area contributed by atoms with E-state index >= 15 is 0 Å². The summed E-state index contributed by atoms with van der Waals surface area (Å²) in [5.74, 6) is 0.739. The predicted octanol–water partition coefficient (Wildman–Crippen LogP) is 2.64. The van der Waals surface area contributed by atoms with Crippen LogP contribution in [0.4, 0.5) is 0 Å². The van der Waals surface area contributed by atoms with Crippen LogP contribution in [0, 0.1) is 5.92 Å². The molecule has 0 saturated heterocycles. The molecule has 1 aromatic carbocycles. The van der Waals surface area contributed by atoms with E-state index in [-0.39, 0.29) is 11.9 Å². The van der Waals surface area contributed by atoms with Gasteiger partial charge in [-0.25, -0.2) is 0 Å². The molecule has 0 bridgehead atoms. The molecule has 104 valence electrons. The fourth-order valence-electron chi connectivity index (χ4n) is 2.16. The monoisotopic (exact) mass is 269 g/mol. The normalized spacial score (nSPS) is 15.8. The first kappa shape index (κ1) is 12.9. The van der Waals surface area contributed by atoms with Crippen molar-refractivity contribution in [3.63, 3.8) is 0 Å². The minimum Gasteiger partial charge on any atom is -0.354 e. The molecule has 2 aromatic rings. The lowest BCUT2D eigenvalue weighted by molar-refractivity contribution is -0.124. The van der Waals surface area contributed by atoms with Gasteiger partial charge in [0.2, 0.25) is 5.91 Å². The number of hydrogen-bond donors (Lipinski definition) is 1. The number of carbonyl (C=O) groups is 1. The maximum Gasteiger partial charge on any atom is 0.244 e. The first-order valence-electron chi connectivity index (χ1n) is 7.11. The van der Waals surface area contributed by atoms with E-state index in [4.69, 9.17) is 0 Å². The second-order valence-electron chi connectivity index (χ2n) is 5.44. The summed E-state index contributed by atoms with van der Waals surface area (Å²) in [4.78, 5) is 12.0. The van der Waals surface area contributed by atoms with Gasteiger partial charge in [0, 0.05) is 18.3 Å². The number of amides is 1. The van der Waals surface area contributed by atoms with Gasteiger partial charge in [-0.3, -0.25) is 9.48 Å². The van der Waals surface area contributed by atoms with Gasteiger partial charge in [0.1, 0.15) is 6.04 Å². The smallest absolute Gasteiger partial charge is 0.244 e. The molecule has 1 aliphatic rings. The van der Waals surface area contributed by atoms with Crippen LogP contribution in [0.15, 0.2) is 42.7 Å². The van der Waals surface area contributed by atoms with E-state index in [9.17, 15) is 4.79 Å². The van der Waals surface area contributed by atoms with Gasteiger partial charge >= 0.3 is 0 Å². The van der Waals surface area contributed by atoms with E-state index in [1.807, 2.05) is 43.5 Å². The summed E-state index contributed by atoms with van der Waals surface area (Å²) >= 11 is 0. The molecule has 0 aliphatic heterocycles. The van der Waals surface area contributed by atoms with Crippen LogP contribution in [-0.2, 0) is 4.79 Å². The number of hydrogen-bond acceptors (Lipinski definition) is 2. The Morgan fingerprint density at radius 3 is 2.80 bits per heavy atom. The summed E-state index contributed by atoms with van der Waals surface area (Å²) < 4.78 is 1.73. The first-order chi connectivity index (χ1) is 9.74. The number of nitrogens with one attached hydrogen (secondary N) is 1. The Balaban J connectivity index is 1.67. The highest BCUT2D eigenvalue weighted by Crippen LogP contribution is 2.27. The fraction of sp³-hybridized carbons (Fsp3) is 0.375. The molecule has 1 unspecified atom stereocenters.